The van der Waals surface area contributed by atoms with Crippen molar-refractivity contribution >= 4 is 29.1 Å². The summed E-state index contributed by atoms with van der Waals surface area (Å²) >= 11 is 0. The van der Waals surface area contributed by atoms with Gasteiger partial charge in [-0.05, 0) is 36.4 Å². The third-order valence-corrected chi connectivity index (χ3v) is 4.22. The topological polar surface area (TPSA) is 94.0 Å². The van der Waals surface area contributed by atoms with E-state index < -0.39 is 11.9 Å². The molecular weight excluding hydrogens is 372 g/mol. The second-order valence-electron chi connectivity index (χ2n) is 6.12. The summed E-state index contributed by atoms with van der Waals surface area (Å²) in [6.45, 7) is 0. The fraction of sp³-hybridized carbons (Fsp3) is 0.0455. The Balaban J connectivity index is 1.41. The molecule has 0 radical (unpaired) electrons. The van der Waals surface area contributed by atoms with Crippen molar-refractivity contribution in [3.8, 4) is 11.3 Å². The van der Waals surface area contributed by atoms with Gasteiger partial charge in [0.25, 0.3) is 0 Å². The van der Waals surface area contributed by atoms with Gasteiger partial charge in [-0.3, -0.25) is 4.79 Å². The molecule has 4 aromatic rings. The van der Waals surface area contributed by atoms with Gasteiger partial charge >= 0.3 is 11.9 Å². The molecule has 0 aliphatic heterocycles. The normalized spacial score (nSPS) is 11.1. The Labute approximate surface area is 165 Å². The lowest BCUT2D eigenvalue weighted by Gasteiger charge is -2.00. The zero-order valence-electron chi connectivity index (χ0n) is 15.4. The van der Waals surface area contributed by atoms with Crippen molar-refractivity contribution < 1.29 is 23.2 Å². The van der Waals surface area contributed by atoms with E-state index in [1.165, 1.54) is 13.3 Å². The number of para-hydroxylation sites is 1. The maximum absolute atomic E-state index is 12.2. The van der Waals surface area contributed by atoms with Gasteiger partial charge in [0.15, 0.2) is 5.76 Å². The number of ether oxygens (including phenoxy) is 1. The minimum Gasteiger partial charge on any atom is -0.465 e. The quantitative estimate of drug-likeness (QED) is 0.313. The first-order valence-electron chi connectivity index (χ1n) is 8.74. The predicted molar refractivity (Wildman–Crippen MR) is 107 cm³/mol. The Morgan fingerprint density at radius 3 is 2.55 bits per heavy atom. The monoisotopic (exact) mass is 388 g/mol. The number of benzene rings is 2. The van der Waals surface area contributed by atoms with Crippen LogP contribution >= 0.6 is 0 Å². The number of hydrazone groups is 1. The van der Waals surface area contributed by atoms with E-state index in [1.807, 2.05) is 18.2 Å². The molecule has 2 heterocycles. The van der Waals surface area contributed by atoms with Gasteiger partial charge < -0.3 is 13.6 Å². The number of furan rings is 2. The summed E-state index contributed by atoms with van der Waals surface area (Å²) in [5.41, 5.74) is 4.30. The van der Waals surface area contributed by atoms with Crippen molar-refractivity contribution in [1.29, 1.82) is 0 Å². The number of fused-ring (bicyclic) bond motifs is 1. The fourth-order valence-electron chi connectivity index (χ4n) is 2.77. The van der Waals surface area contributed by atoms with Crippen LogP contribution in [0, 0.1) is 0 Å². The number of amides is 1. The lowest BCUT2D eigenvalue weighted by molar-refractivity contribution is 0.0600. The average Bonchev–Trinajstić information content (AvgIpc) is 3.40. The number of nitrogens with one attached hydrogen (secondary N) is 1. The SMILES string of the molecule is COC(=O)c1ccc(-c2ccc(/C=N/NC(=O)c3cc4ccccc4o3)o2)cc1. The number of methoxy groups -OCH3 is 1. The summed E-state index contributed by atoms with van der Waals surface area (Å²) in [5, 5.41) is 4.75. The van der Waals surface area contributed by atoms with Crippen molar-refractivity contribution in [2.24, 2.45) is 5.10 Å². The van der Waals surface area contributed by atoms with Crippen LogP contribution in [0.4, 0.5) is 0 Å². The predicted octanol–water partition coefficient (Wildman–Crippen LogP) is 4.24. The second kappa shape index (κ2) is 7.85. The number of hydrogen-bond acceptors (Lipinski definition) is 6. The first kappa shape index (κ1) is 18.2. The standard InChI is InChI=1S/C22H16N2O5/c1-27-22(26)15-8-6-14(7-9-15)19-11-10-17(28-19)13-23-24-21(25)20-12-16-4-2-3-5-18(16)29-20/h2-13H,1H3,(H,24,25)/b23-13+. The maximum Gasteiger partial charge on any atom is 0.337 e. The van der Waals surface area contributed by atoms with Crippen LogP contribution < -0.4 is 5.43 Å². The average molecular weight is 388 g/mol. The molecule has 0 bridgehead atoms. The second-order valence-corrected chi connectivity index (χ2v) is 6.12. The molecule has 2 aromatic heterocycles. The molecule has 4 rings (SSSR count). The first-order valence-corrected chi connectivity index (χ1v) is 8.74. The van der Waals surface area contributed by atoms with Crippen LogP contribution in [0.15, 0.2) is 80.7 Å². The zero-order chi connectivity index (χ0) is 20.2. The van der Waals surface area contributed by atoms with Gasteiger partial charge in [-0.15, -0.1) is 0 Å². The van der Waals surface area contributed by atoms with Crippen LogP contribution in [0.5, 0.6) is 0 Å². The molecule has 0 spiro atoms. The van der Waals surface area contributed by atoms with Crippen molar-refractivity contribution in [3.05, 3.63) is 83.8 Å². The molecule has 29 heavy (non-hydrogen) atoms. The number of carbonyl (C=O) groups excluding carboxylic acids is 2. The van der Waals surface area contributed by atoms with E-state index in [9.17, 15) is 9.59 Å². The highest BCUT2D eigenvalue weighted by molar-refractivity contribution is 5.96. The number of nitrogens with zero attached hydrogens (tertiary/aromatic N) is 1. The van der Waals surface area contributed by atoms with Gasteiger partial charge in [0.05, 0.1) is 18.9 Å². The van der Waals surface area contributed by atoms with Crippen LogP contribution in [0.3, 0.4) is 0 Å². The summed E-state index contributed by atoms with van der Waals surface area (Å²) < 4.78 is 15.9. The number of rotatable bonds is 5. The lowest BCUT2D eigenvalue weighted by atomic mass is 10.1. The van der Waals surface area contributed by atoms with E-state index in [0.29, 0.717) is 22.7 Å². The smallest absolute Gasteiger partial charge is 0.337 e. The third-order valence-electron chi connectivity index (χ3n) is 4.22. The maximum atomic E-state index is 12.2. The fourth-order valence-corrected chi connectivity index (χ4v) is 2.77. The van der Waals surface area contributed by atoms with Crippen LogP contribution in [0.2, 0.25) is 0 Å². The van der Waals surface area contributed by atoms with E-state index in [0.717, 1.165) is 10.9 Å². The molecule has 0 fully saturated rings. The van der Waals surface area contributed by atoms with Crippen molar-refractivity contribution in [3.63, 3.8) is 0 Å². The van der Waals surface area contributed by atoms with Crippen LogP contribution in [-0.4, -0.2) is 25.2 Å². The van der Waals surface area contributed by atoms with E-state index in [1.54, 1.807) is 48.5 Å². The van der Waals surface area contributed by atoms with Gasteiger partial charge in [-0.1, -0.05) is 30.3 Å². The minimum atomic E-state index is -0.456. The molecule has 1 N–H and O–H groups in total. The molecule has 7 nitrogen and oxygen atoms in total. The van der Waals surface area contributed by atoms with E-state index in [-0.39, 0.29) is 5.76 Å². The molecule has 2 aromatic carbocycles. The van der Waals surface area contributed by atoms with E-state index in [4.69, 9.17) is 8.83 Å². The molecule has 0 atom stereocenters. The summed E-state index contributed by atoms with van der Waals surface area (Å²) in [4.78, 5) is 23.6. The summed E-state index contributed by atoms with van der Waals surface area (Å²) in [5.74, 6) is 0.384. The minimum absolute atomic E-state index is 0.175. The lowest BCUT2D eigenvalue weighted by Crippen LogP contribution is -2.16. The Kier molecular flexibility index (Phi) is 4.94. The highest BCUT2D eigenvalue weighted by atomic mass is 16.5. The highest BCUT2D eigenvalue weighted by Gasteiger charge is 2.11. The third kappa shape index (κ3) is 3.93. The van der Waals surface area contributed by atoms with E-state index >= 15 is 0 Å². The summed E-state index contributed by atoms with van der Waals surface area (Å²) in [7, 11) is 1.33. The van der Waals surface area contributed by atoms with Crippen LogP contribution in [0.25, 0.3) is 22.3 Å². The number of carbonyl (C=O) groups is 2. The molecule has 0 saturated heterocycles. The van der Waals surface area contributed by atoms with Crippen molar-refractivity contribution in [2.75, 3.05) is 7.11 Å². The van der Waals surface area contributed by atoms with Crippen molar-refractivity contribution in [1.82, 2.24) is 5.43 Å². The Hall–Kier alpha value is -4.13. The van der Waals surface area contributed by atoms with E-state index in [2.05, 4.69) is 15.3 Å². The van der Waals surface area contributed by atoms with Gasteiger partial charge in [0.2, 0.25) is 0 Å². The molecule has 0 aliphatic rings. The molecule has 0 unspecified atom stereocenters. The van der Waals surface area contributed by atoms with Gasteiger partial charge in [-0.2, -0.15) is 5.10 Å². The summed E-state index contributed by atoms with van der Waals surface area (Å²) in [6, 6.07) is 19.3. The van der Waals surface area contributed by atoms with Crippen LogP contribution in [-0.2, 0) is 4.74 Å². The zero-order valence-corrected chi connectivity index (χ0v) is 15.4. The molecule has 0 saturated carbocycles. The molecule has 7 heteroatoms. The Bertz CT molecular complexity index is 1170. The van der Waals surface area contributed by atoms with Gasteiger partial charge in [0, 0.05) is 10.9 Å². The molecule has 0 aliphatic carbocycles. The molecule has 144 valence electrons. The number of hydrogen-bond donors (Lipinski definition) is 1. The first-order chi connectivity index (χ1) is 14.1. The molecular formula is C22H16N2O5. The summed E-state index contributed by atoms with van der Waals surface area (Å²) in [6.07, 6.45) is 1.40. The van der Waals surface area contributed by atoms with Gasteiger partial charge in [-0.25, -0.2) is 10.2 Å². The Morgan fingerprint density at radius 1 is 1.00 bits per heavy atom. The Morgan fingerprint density at radius 2 is 1.79 bits per heavy atom. The van der Waals surface area contributed by atoms with Gasteiger partial charge in [0.1, 0.15) is 17.1 Å². The largest absolute Gasteiger partial charge is 0.465 e. The number of esters is 1. The van der Waals surface area contributed by atoms with Crippen molar-refractivity contribution in [2.45, 2.75) is 0 Å². The molecule has 1 amide bonds. The van der Waals surface area contributed by atoms with Crippen LogP contribution in [0.1, 0.15) is 26.7 Å². The highest BCUT2D eigenvalue weighted by Crippen LogP contribution is 2.22.